The average Bonchev–Trinajstić information content (AvgIpc) is 2.37. The van der Waals surface area contributed by atoms with Gasteiger partial charge in [-0.25, -0.2) is 0 Å². The minimum atomic E-state index is -0.767. The first-order chi connectivity index (χ1) is 8.67. The number of rotatable bonds is 6. The molecule has 0 saturated carbocycles. The van der Waals surface area contributed by atoms with Gasteiger partial charge in [0.15, 0.2) is 11.4 Å². The quantitative estimate of drug-likeness (QED) is 0.475. The third-order valence-corrected chi connectivity index (χ3v) is 3.32. The van der Waals surface area contributed by atoms with Crippen LogP contribution >= 0.6 is 11.8 Å². The molecule has 18 heavy (non-hydrogen) atoms. The van der Waals surface area contributed by atoms with Crippen LogP contribution in [0.3, 0.4) is 0 Å². The van der Waals surface area contributed by atoms with E-state index in [1.807, 2.05) is 6.07 Å². The summed E-state index contributed by atoms with van der Waals surface area (Å²) in [7, 11) is 0. The van der Waals surface area contributed by atoms with Crippen LogP contribution in [0.5, 0.6) is 0 Å². The molecule has 0 aliphatic heterocycles. The minimum Gasteiger partial charge on any atom is -0.481 e. The second-order valence-electron chi connectivity index (χ2n) is 3.57. The fourth-order valence-electron chi connectivity index (χ4n) is 1.35. The van der Waals surface area contributed by atoms with Crippen LogP contribution in [0.15, 0.2) is 23.1 Å². The zero-order valence-corrected chi connectivity index (χ0v) is 10.5. The van der Waals surface area contributed by atoms with E-state index in [1.54, 1.807) is 23.9 Å². The van der Waals surface area contributed by atoms with Gasteiger partial charge in [-0.1, -0.05) is 18.2 Å². The highest BCUT2D eigenvalue weighted by molar-refractivity contribution is 7.99. The Hall–Kier alpha value is -1.98. The Morgan fingerprint density at radius 3 is 2.56 bits per heavy atom. The van der Waals surface area contributed by atoms with Crippen molar-refractivity contribution in [3.63, 3.8) is 0 Å². The second-order valence-corrected chi connectivity index (χ2v) is 4.74. The van der Waals surface area contributed by atoms with Crippen molar-refractivity contribution < 1.29 is 9.90 Å². The Morgan fingerprint density at radius 2 is 1.94 bits per heavy atom. The van der Waals surface area contributed by atoms with Crippen LogP contribution in [0, 0.1) is 13.1 Å². The van der Waals surface area contributed by atoms with E-state index < -0.39 is 5.97 Å². The molecular weight excluding hydrogens is 248 g/mol. The molecule has 0 fully saturated rings. The number of carboxylic acids is 1. The molecule has 0 atom stereocenters. The van der Waals surface area contributed by atoms with E-state index in [9.17, 15) is 4.79 Å². The second kappa shape index (κ2) is 7.37. The number of benzene rings is 1. The van der Waals surface area contributed by atoms with Crippen molar-refractivity contribution in [2.75, 3.05) is 5.75 Å². The first-order valence-electron chi connectivity index (χ1n) is 5.41. The summed E-state index contributed by atoms with van der Waals surface area (Å²) in [5.41, 5.74) is 0.751. The molecule has 0 bridgehead atoms. The van der Waals surface area contributed by atoms with Gasteiger partial charge in [0.1, 0.15) is 0 Å². The summed E-state index contributed by atoms with van der Waals surface area (Å²) in [5, 5.41) is 8.49. The highest BCUT2D eigenvalue weighted by atomic mass is 32.2. The lowest BCUT2D eigenvalue weighted by atomic mass is 10.2. The molecular formula is C13H12N2O2S. The first-order valence-corrected chi connectivity index (χ1v) is 6.39. The van der Waals surface area contributed by atoms with E-state index in [0.29, 0.717) is 17.8 Å². The maximum absolute atomic E-state index is 10.3. The Balaban J connectivity index is 2.47. The fraction of sp³-hybridized carbons (Fsp3) is 0.308. The van der Waals surface area contributed by atoms with Crippen LogP contribution < -0.4 is 0 Å². The summed E-state index contributed by atoms with van der Waals surface area (Å²) >= 11 is 1.58. The van der Waals surface area contributed by atoms with Gasteiger partial charge in [-0.3, -0.25) is 14.5 Å². The summed E-state index contributed by atoms with van der Waals surface area (Å²) in [5.74, 6) is 0.0546. The molecule has 0 aliphatic carbocycles. The third kappa shape index (κ3) is 4.48. The van der Waals surface area contributed by atoms with Gasteiger partial charge in [-0.15, -0.1) is 11.8 Å². The van der Waals surface area contributed by atoms with Gasteiger partial charge in [0.05, 0.1) is 13.1 Å². The maximum Gasteiger partial charge on any atom is 0.303 e. The standard InChI is InChI=1S/C13H12N2O2S/c1-14-11-7-6-10(9-12(11)15-2)18-8-4-3-5-13(16)17/h6-7,9H,3-5,8H2,(H,16,17). The van der Waals surface area contributed by atoms with E-state index in [4.69, 9.17) is 18.3 Å². The predicted molar refractivity (Wildman–Crippen MR) is 71.2 cm³/mol. The van der Waals surface area contributed by atoms with Crippen LogP contribution in [0.4, 0.5) is 11.4 Å². The molecule has 92 valence electrons. The van der Waals surface area contributed by atoms with Gasteiger partial charge in [-0.2, -0.15) is 0 Å². The summed E-state index contributed by atoms with van der Waals surface area (Å²) in [6, 6.07) is 5.19. The van der Waals surface area contributed by atoms with Crippen molar-refractivity contribution in [2.45, 2.75) is 24.2 Å². The SMILES string of the molecule is [C-]#[N+]c1ccc(SCCCCC(=O)O)cc1[N+]#[C-]. The van der Waals surface area contributed by atoms with Gasteiger partial charge in [0, 0.05) is 6.42 Å². The molecule has 5 heteroatoms. The summed E-state index contributed by atoms with van der Waals surface area (Å²) < 4.78 is 0. The van der Waals surface area contributed by atoms with Crippen molar-refractivity contribution >= 4 is 29.1 Å². The summed E-state index contributed by atoms with van der Waals surface area (Å²) in [6.45, 7) is 13.9. The molecule has 0 spiro atoms. The number of unbranched alkanes of at least 4 members (excludes halogenated alkanes) is 1. The van der Waals surface area contributed by atoms with Gasteiger partial charge in [0.25, 0.3) is 0 Å². The Labute approximate surface area is 110 Å². The maximum atomic E-state index is 10.3. The Morgan fingerprint density at radius 1 is 1.22 bits per heavy atom. The van der Waals surface area contributed by atoms with Gasteiger partial charge in [-0.05, 0) is 23.5 Å². The van der Waals surface area contributed by atoms with E-state index >= 15 is 0 Å². The number of thioether (sulfide) groups is 1. The fourth-order valence-corrected chi connectivity index (χ4v) is 2.29. The highest BCUT2D eigenvalue weighted by Crippen LogP contribution is 2.33. The molecule has 0 saturated heterocycles. The number of carbonyl (C=O) groups is 1. The van der Waals surface area contributed by atoms with Gasteiger partial charge < -0.3 is 5.11 Å². The Kier molecular flexibility index (Phi) is 5.76. The van der Waals surface area contributed by atoms with E-state index in [2.05, 4.69) is 9.69 Å². The largest absolute Gasteiger partial charge is 0.481 e. The topological polar surface area (TPSA) is 46.0 Å². The van der Waals surface area contributed by atoms with E-state index in [0.717, 1.165) is 17.1 Å². The van der Waals surface area contributed by atoms with Crippen LogP contribution in [0.2, 0.25) is 0 Å². The molecule has 0 heterocycles. The summed E-state index contributed by atoms with van der Waals surface area (Å²) in [4.78, 5) is 17.9. The Bertz CT molecular complexity index is 515. The van der Waals surface area contributed by atoms with Crippen molar-refractivity contribution in [3.8, 4) is 0 Å². The first kappa shape index (κ1) is 14.1. The molecule has 1 rings (SSSR count). The van der Waals surface area contributed by atoms with Crippen LogP contribution in [-0.2, 0) is 4.79 Å². The number of aliphatic carboxylic acids is 1. The third-order valence-electron chi connectivity index (χ3n) is 2.24. The smallest absolute Gasteiger partial charge is 0.303 e. The van der Waals surface area contributed by atoms with E-state index in [-0.39, 0.29) is 6.42 Å². The normalized spacial score (nSPS) is 9.44. The zero-order chi connectivity index (χ0) is 13.4. The molecule has 0 amide bonds. The molecule has 1 N–H and O–H groups in total. The lowest BCUT2D eigenvalue weighted by Gasteiger charge is -2.02. The minimum absolute atomic E-state index is 0.199. The number of nitrogens with zero attached hydrogens (tertiary/aromatic N) is 2. The predicted octanol–water partition coefficient (Wildman–Crippen LogP) is 4.14. The van der Waals surface area contributed by atoms with Crippen LogP contribution in [0.1, 0.15) is 19.3 Å². The molecule has 0 aliphatic rings. The van der Waals surface area contributed by atoms with Crippen molar-refractivity contribution in [1.29, 1.82) is 0 Å². The lowest BCUT2D eigenvalue weighted by molar-refractivity contribution is -0.137. The summed E-state index contributed by atoms with van der Waals surface area (Å²) in [6.07, 6.45) is 1.69. The van der Waals surface area contributed by atoms with Crippen LogP contribution in [0.25, 0.3) is 9.69 Å². The van der Waals surface area contributed by atoms with E-state index in [1.165, 1.54) is 0 Å². The van der Waals surface area contributed by atoms with Crippen molar-refractivity contribution in [1.82, 2.24) is 0 Å². The number of carboxylic acid groups (broad SMARTS) is 1. The molecule has 4 nitrogen and oxygen atoms in total. The van der Waals surface area contributed by atoms with Crippen molar-refractivity contribution in [2.24, 2.45) is 0 Å². The molecule has 1 aromatic carbocycles. The number of hydrogen-bond donors (Lipinski definition) is 1. The molecule has 0 unspecified atom stereocenters. The molecule has 0 aromatic heterocycles. The van der Waals surface area contributed by atoms with Gasteiger partial charge >= 0.3 is 5.97 Å². The highest BCUT2D eigenvalue weighted by Gasteiger charge is 2.04. The molecule has 1 aromatic rings. The van der Waals surface area contributed by atoms with Crippen molar-refractivity contribution in [3.05, 3.63) is 41.0 Å². The zero-order valence-electron chi connectivity index (χ0n) is 9.72. The lowest BCUT2D eigenvalue weighted by Crippen LogP contribution is -1.94. The molecule has 0 radical (unpaired) electrons. The number of hydrogen-bond acceptors (Lipinski definition) is 2. The average molecular weight is 260 g/mol. The van der Waals surface area contributed by atoms with Crippen LogP contribution in [-0.4, -0.2) is 16.8 Å². The van der Waals surface area contributed by atoms with Gasteiger partial charge in [0.2, 0.25) is 0 Å². The monoisotopic (exact) mass is 260 g/mol.